The van der Waals surface area contributed by atoms with E-state index in [-0.39, 0.29) is 5.75 Å². The zero-order chi connectivity index (χ0) is 15.4. The number of aromatic hydroxyl groups is 1. The molecule has 4 atom stereocenters. The van der Waals surface area contributed by atoms with Crippen molar-refractivity contribution < 1.29 is 20.1 Å². The van der Waals surface area contributed by atoms with Crippen molar-refractivity contribution in [2.24, 2.45) is 0 Å². The van der Waals surface area contributed by atoms with Crippen LogP contribution in [-0.4, -0.2) is 33.1 Å². The lowest BCUT2D eigenvalue weighted by atomic mass is 9.57. The van der Waals surface area contributed by atoms with Gasteiger partial charge in [0.25, 0.3) is 0 Å². The Labute approximate surface area is 125 Å². The van der Waals surface area contributed by atoms with Gasteiger partial charge >= 0.3 is 0 Å². The molecular formula is C17H24O4. The standard InChI is InChI=1S/C17H24O4/c1-4-10-6-7-11(18)14-13(10)17(5-2)15(21-14)12(19)8-9-16(17,3)20/h6-7,12,15,18-20H,4-5,8-9H2,1-3H3/t12?,15-,16?,17?/m0/s1. The molecule has 0 bridgehead atoms. The summed E-state index contributed by atoms with van der Waals surface area (Å²) in [6, 6.07) is 3.54. The van der Waals surface area contributed by atoms with Gasteiger partial charge in [0.2, 0.25) is 0 Å². The Hall–Kier alpha value is -1.26. The van der Waals surface area contributed by atoms with Crippen LogP contribution in [0.3, 0.4) is 0 Å². The second-order valence-electron chi connectivity index (χ2n) is 6.54. The highest BCUT2D eigenvalue weighted by Gasteiger charge is 2.63. The SMILES string of the molecule is CCc1ccc(O)c2c1C1(CC)[C@@H](O2)C(O)CCC1(C)O. The van der Waals surface area contributed by atoms with Gasteiger partial charge in [-0.15, -0.1) is 0 Å². The molecule has 0 aromatic heterocycles. The van der Waals surface area contributed by atoms with Crippen molar-refractivity contribution in [2.45, 2.75) is 69.7 Å². The Bertz CT molecular complexity index is 566. The van der Waals surface area contributed by atoms with E-state index >= 15 is 0 Å². The zero-order valence-corrected chi connectivity index (χ0v) is 12.9. The van der Waals surface area contributed by atoms with Gasteiger partial charge in [-0.3, -0.25) is 0 Å². The van der Waals surface area contributed by atoms with E-state index < -0.39 is 23.2 Å². The summed E-state index contributed by atoms with van der Waals surface area (Å²) in [6.07, 6.45) is 1.37. The van der Waals surface area contributed by atoms with Crippen molar-refractivity contribution in [2.75, 3.05) is 0 Å². The third-order valence-electron chi connectivity index (χ3n) is 5.58. The van der Waals surface area contributed by atoms with E-state index in [0.717, 1.165) is 17.5 Å². The number of phenols is 1. The summed E-state index contributed by atoms with van der Waals surface area (Å²) in [5.41, 5.74) is 0.335. The second kappa shape index (κ2) is 4.62. The predicted octanol–water partition coefficient (Wildman–Crippen LogP) is 2.27. The van der Waals surface area contributed by atoms with E-state index in [0.29, 0.717) is 25.0 Å². The van der Waals surface area contributed by atoms with Crippen molar-refractivity contribution in [3.8, 4) is 11.5 Å². The molecule has 3 unspecified atom stereocenters. The number of hydrogen-bond donors (Lipinski definition) is 3. The molecule has 1 saturated carbocycles. The highest BCUT2D eigenvalue weighted by Crippen LogP contribution is 2.59. The summed E-state index contributed by atoms with van der Waals surface area (Å²) in [6.45, 7) is 5.90. The van der Waals surface area contributed by atoms with Gasteiger partial charge in [-0.1, -0.05) is 19.9 Å². The van der Waals surface area contributed by atoms with E-state index in [1.165, 1.54) is 0 Å². The fourth-order valence-electron chi connectivity index (χ4n) is 4.43. The maximum Gasteiger partial charge on any atom is 0.165 e. The van der Waals surface area contributed by atoms with E-state index in [1.807, 2.05) is 19.9 Å². The van der Waals surface area contributed by atoms with Gasteiger partial charge in [0.05, 0.1) is 17.1 Å². The fourth-order valence-corrected chi connectivity index (χ4v) is 4.43. The molecule has 0 saturated heterocycles. The fraction of sp³-hybridized carbons (Fsp3) is 0.647. The van der Waals surface area contributed by atoms with Crippen LogP contribution >= 0.6 is 0 Å². The number of aliphatic hydroxyl groups is 2. The molecule has 1 aromatic carbocycles. The average Bonchev–Trinajstić information content (AvgIpc) is 2.83. The van der Waals surface area contributed by atoms with Crippen molar-refractivity contribution in [1.29, 1.82) is 0 Å². The topological polar surface area (TPSA) is 69.9 Å². The molecule has 4 nitrogen and oxygen atoms in total. The first-order valence-corrected chi connectivity index (χ1v) is 7.81. The highest BCUT2D eigenvalue weighted by atomic mass is 16.5. The van der Waals surface area contributed by atoms with Gasteiger partial charge in [-0.2, -0.15) is 0 Å². The summed E-state index contributed by atoms with van der Waals surface area (Å²) in [5, 5.41) is 31.7. The van der Waals surface area contributed by atoms with Crippen LogP contribution in [0.1, 0.15) is 51.2 Å². The first-order chi connectivity index (χ1) is 9.89. The minimum atomic E-state index is -0.964. The second-order valence-corrected chi connectivity index (χ2v) is 6.54. The lowest BCUT2D eigenvalue weighted by Crippen LogP contribution is -2.63. The van der Waals surface area contributed by atoms with Gasteiger partial charge in [-0.05, 0) is 44.2 Å². The Kier molecular flexibility index (Phi) is 3.22. The minimum Gasteiger partial charge on any atom is -0.504 e. The van der Waals surface area contributed by atoms with Gasteiger partial charge in [-0.25, -0.2) is 0 Å². The molecule has 2 aliphatic rings. The minimum absolute atomic E-state index is 0.0902. The van der Waals surface area contributed by atoms with Gasteiger partial charge in [0.15, 0.2) is 11.5 Å². The number of aliphatic hydroxyl groups excluding tert-OH is 1. The Morgan fingerprint density at radius 2 is 2.05 bits per heavy atom. The molecule has 21 heavy (non-hydrogen) atoms. The smallest absolute Gasteiger partial charge is 0.165 e. The van der Waals surface area contributed by atoms with Crippen molar-refractivity contribution >= 4 is 0 Å². The number of ether oxygens (including phenoxy) is 1. The molecule has 0 radical (unpaired) electrons. The Morgan fingerprint density at radius 1 is 1.33 bits per heavy atom. The maximum absolute atomic E-state index is 11.1. The number of fused-ring (bicyclic) bond motifs is 3. The van der Waals surface area contributed by atoms with Crippen LogP contribution in [0, 0.1) is 0 Å². The van der Waals surface area contributed by atoms with Crippen molar-refractivity contribution in [3.63, 3.8) is 0 Å². The number of hydrogen-bond acceptors (Lipinski definition) is 4. The van der Waals surface area contributed by atoms with E-state index in [4.69, 9.17) is 4.74 Å². The van der Waals surface area contributed by atoms with E-state index in [1.54, 1.807) is 6.07 Å². The normalized spacial score (nSPS) is 37.8. The van der Waals surface area contributed by atoms with Gasteiger partial charge in [0.1, 0.15) is 6.10 Å². The molecular weight excluding hydrogens is 268 g/mol. The number of phenolic OH excluding ortho intramolecular Hbond substituents is 1. The number of benzene rings is 1. The molecule has 1 heterocycles. The molecule has 116 valence electrons. The third-order valence-corrected chi connectivity index (χ3v) is 5.58. The number of aryl methyl sites for hydroxylation is 1. The molecule has 0 spiro atoms. The van der Waals surface area contributed by atoms with Gasteiger partial charge < -0.3 is 20.1 Å². The molecule has 0 amide bonds. The van der Waals surface area contributed by atoms with Crippen LogP contribution in [0.2, 0.25) is 0 Å². The largest absolute Gasteiger partial charge is 0.504 e. The Balaban J connectivity index is 2.31. The summed E-state index contributed by atoms with van der Waals surface area (Å²) in [4.78, 5) is 0. The average molecular weight is 292 g/mol. The lowest BCUT2D eigenvalue weighted by molar-refractivity contribution is -0.138. The monoisotopic (exact) mass is 292 g/mol. The predicted molar refractivity (Wildman–Crippen MR) is 79.7 cm³/mol. The molecule has 4 heteroatoms. The summed E-state index contributed by atoms with van der Waals surface area (Å²) < 4.78 is 5.97. The molecule has 1 fully saturated rings. The number of rotatable bonds is 2. The highest BCUT2D eigenvalue weighted by molar-refractivity contribution is 5.59. The first-order valence-electron chi connectivity index (χ1n) is 7.81. The maximum atomic E-state index is 11.1. The van der Waals surface area contributed by atoms with E-state index in [9.17, 15) is 15.3 Å². The Morgan fingerprint density at radius 3 is 2.67 bits per heavy atom. The molecule has 1 aromatic rings. The van der Waals surface area contributed by atoms with Crippen LogP contribution in [0.4, 0.5) is 0 Å². The van der Waals surface area contributed by atoms with Crippen molar-refractivity contribution in [1.82, 2.24) is 0 Å². The summed E-state index contributed by atoms with van der Waals surface area (Å²) in [7, 11) is 0. The first kappa shape index (κ1) is 14.7. The quantitative estimate of drug-likeness (QED) is 0.782. The molecule has 3 rings (SSSR count). The zero-order valence-electron chi connectivity index (χ0n) is 12.9. The van der Waals surface area contributed by atoms with Crippen molar-refractivity contribution in [3.05, 3.63) is 23.3 Å². The van der Waals surface area contributed by atoms with Crippen LogP contribution in [0.15, 0.2) is 12.1 Å². The van der Waals surface area contributed by atoms with Gasteiger partial charge in [0, 0.05) is 5.56 Å². The van der Waals surface area contributed by atoms with E-state index in [2.05, 4.69) is 6.92 Å². The molecule has 1 aliphatic carbocycles. The van der Waals surface area contributed by atoms with Crippen LogP contribution in [0.5, 0.6) is 11.5 Å². The molecule has 3 N–H and O–H groups in total. The summed E-state index contributed by atoms with van der Waals surface area (Å²) in [5.74, 6) is 0.537. The van der Waals surface area contributed by atoms with Crippen LogP contribution in [0.25, 0.3) is 0 Å². The third kappa shape index (κ3) is 1.69. The molecule has 1 aliphatic heterocycles. The lowest BCUT2D eigenvalue weighted by Gasteiger charge is -2.51. The summed E-state index contributed by atoms with van der Waals surface area (Å²) >= 11 is 0. The van der Waals surface area contributed by atoms with Crippen LogP contribution < -0.4 is 4.74 Å². The van der Waals surface area contributed by atoms with Crippen LogP contribution in [-0.2, 0) is 11.8 Å².